The maximum absolute atomic E-state index is 11.7. The molecule has 0 bridgehead atoms. The van der Waals surface area contributed by atoms with Crippen molar-refractivity contribution in [3.05, 3.63) is 39.7 Å². The molecule has 1 saturated heterocycles. The molecule has 0 radical (unpaired) electrons. The number of rotatable bonds is 2. The summed E-state index contributed by atoms with van der Waals surface area (Å²) in [5.74, 6) is 0.831. The number of nitrogens with one attached hydrogen (secondary N) is 1. The van der Waals surface area contributed by atoms with Crippen molar-refractivity contribution >= 4 is 11.0 Å². The molecule has 0 spiro atoms. The van der Waals surface area contributed by atoms with Crippen molar-refractivity contribution in [2.45, 2.75) is 32.4 Å². The van der Waals surface area contributed by atoms with Gasteiger partial charge in [-0.15, -0.1) is 0 Å². The minimum absolute atomic E-state index is 0.301. The van der Waals surface area contributed by atoms with Gasteiger partial charge in [0.05, 0.1) is 5.56 Å². The van der Waals surface area contributed by atoms with Crippen molar-refractivity contribution in [1.29, 1.82) is 0 Å². The second-order valence-corrected chi connectivity index (χ2v) is 6.22. The van der Waals surface area contributed by atoms with Crippen molar-refractivity contribution in [2.24, 2.45) is 0 Å². The maximum Gasteiger partial charge on any atom is 0.336 e. The molecule has 2 aliphatic heterocycles. The Morgan fingerprint density at radius 1 is 1.36 bits per heavy atom. The molecule has 1 aromatic heterocycles. The highest BCUT2D eigenvalue weighted by molar-refractivity contribution is 5.84. The number of hydrogen-bond donors (Lipinski definition) is 1. The van der Waals surface area contributed by atoms with Gasteiger partial charge < -0.3 is 13.9 Å². The van der Waals surface area contributed by atoms with Crippen molar-refractivity contribution < 1.29 is 18.8 Å². The van der Waals surface area contributed by atoms with Crippen LogP contribution in [0.15, 0.2) is 27.4 Å². The van der Waals surface area contributed by atoms with Crippen LogP contribution in [0, 0.1) is 6.92 Å². The number of quaternary nitrogens is 1. The lowest BCUT2D eigenvalue weighted by atomic mass is 10.0. The quantitative estimate of drug-likeness (QED) is 0.842. The fraction of sp³-hybridized carbons (Fsp3) is 0.471. The number of benzene rings is 1. The summed E-state index contributed by atoms with van der Waals surface area (Å²) in [7, 11) is 0. The Bertz CT molecular complexity index is 761. The van der Waals surface area contributed by atoms with E-state index in [1.807, 2.05) is 19.1 Å². The average Bonchev–Trinajstić information content (AvgIpc) is 3.00. The van der Waals surface area contributed by atoms with Crippen LogP contribution in [0.3, 0.4) is 0 Å². The molecular weight excluding hydrogens is 282 g/mol. The first-order valence-electron chi connectivity index (χ1n) is 7.85. The highest BCUT2D eigenvalue weighted by atomic mass is 16.5. The molecule has 0 saturated carbocycles. The van der Waals surface area contributed by atoms with E-state index in [1.165, 1.54) is 11.0 Å². The molecule has 116 valence electrons. The van der Waals surface area contributed by atoms with Gasteiger partial charge in [-0.1, -0.05) is 0 Å². The molecule has 1 N–H and O–H groups in total. The molecule has 0 aliphatic carbocycles. The molecule has 1 unspecified atom stereocenters. The summed E-state index contributed by atoms with van der Waals surface area (Å²) in [6.45, 7) is 5.18. The number of fused-ring (bicyclic) bond motifs is 3. The molecule has 22 heavy (non-hydrogen) atoms. The SMILES string of the molecule is Cc1cc(=O)oc2c3c(ccc12)OC[NH+](C[C@H]1CCCO1)C3. The molecule has 5 nitrogen and oxygen atoms in total. The van der Waals surface area contributed by atoms with Gasteiger partial charge in [0.25, 0.3) is 0 Å². The lowest BCUT2D eigenvalue weighted by Crippen LogP contribution is -3.13. The van der Waals surface area contributed by atoms with Crippen LogP contribution in [0.4, 0.5) is 0 Å². The first-order valence-corrected chi connectivity index (χ1v) is 7.85. The summed E-state index contributed by atoms with van der Waals surface area (Å²) in [6.07, 6.45) is 2.59. The van der Waals surface area contributed by atoms with Crippen molar-refractivity contribution in [2.75, 3.05) is 19.9 Å². The van der Waals surface area contributed by atoms with Gasteiger partial charge in [-0.05, 0) is 37.5 Å². The third-order valence-corrected chi connectivity index (χ3v) is 4.58. The van der Waals surface area contributed by atoms with Gasteiger partial charge in [0.1, 0.15) is 24.9 Å². The summed E-state index contributed by atoms with van der Waals surface area (Å²) < 4.78 is 17.1. The lowest BCUT2D eigenvalue weighted by molar-refractivity contribution is -0.935. The molecule has 0 amide bonds. The van der Waals surface area contributed by atoms with E-state index in [9.17, 15) is 4.79 Å². The standard InChI is InChI=1S/C17H19NO4/c1-11-7-16(19)22-17-13(11)4-5-15-14(17)9-18(10-21-15)8-12-3-2-6-20-12/h4-5,7,12H,2-3,6,8-10H2,1H3/p+1/t12-/m1/s1. The molecule has 4 rings (SSSR count). The normalized spacial score (nSPS) is 24.2. The minimum Gasteiger partial charge on any atom is -0.445 e. The highest BCUT2D eigenvalue weighted by Crippen LogP contribution is 2.29. The smallest absolute Gasteiger partial charge is 0.336 e. The Kier molecular flexibility index (Phi) is 3.39. The van der Waals surface area contributed by atoms with Gasteiger partial charge in [-0.2, -0.15) is 0 Å². The summed E-state index contributed by atoms with van der Waals surface area (Å²) in [4.78, 5) is 13.0. The van der Waals surface area contributed by atoms with Gasteiger partial charge in [0.15, 0.2) is 5.58 Å². The van der Waals surface area contributed by atoms with E-state index in [-0.39, 0.29) is 5.63 Å². The molecular formula is C17H20NO4+. The Morgan fingerprint density at radius 2 is 2.27 bits per heavy atom. The molecule has 2 atom stereocenters. The summed E-state index contributed by atoms with van der Waals surface area (Å²) >= 11 is 0. The van der Waals surface area contributed by atoms with Crippen molar-refractivity contribution in [3.63, 3.8) is 0 Å². The van der Waals surface area contributed by atoms with Crippen LogP contribution in [0.1, 0.15) is 24.0 Å². The van der Waals surface area contributed by atoms with E-state index >= 15 is 0 Å². The van der Waals surface area contributed by atoms with Crippen LogP contribution in [-0.4, -0.2) is 26.0 Å². The van der Waals surface area contributed by atoms with Crippen LogP contribution in [0.5, 0.6) is 5.75 Å². The van der Waals surface area contributed by atoms with Gasteiger partial charge in [0.2, 0.25) is 6.73 Å². The van der Waals surface area contributed by atoms with E-state index in [4.69, 9.17) is 13.9 Å². The zero-order valence-corrected chi connectivity index (χ0v) is 12.7. The number of hydrogen-bond acceptors (Lipinski definition) is 4. The fourth-order valence-electron chi connectivity index (χ4n) is 3.46. The Labute approximate surface area is 128 Å². The van der Waals surface area contributed by atoms with Gasteiger partial charge in [0, 0.05) is 18.1 Å². The van der Waals surface area contributed by atoms with Gasteiger partial charge in [-0.3, -0.25) is 4.90 Å². The Hall–Kier alpha value is -1.85. The van der Waals surface area contributed by atoms with Gasteiger partial charge in [-0.25, -0.2) is 4.79 Å². The van der Waals surface area contributed by atoms with E-state index in [0.717, 1.165) is 54.8 Å². The first-order chi connectivity index (χ1) is 10.7. The Morgan fingerprint density at radius 3 is 3.09 bits per heavy atom. The minimum atomic E-state index is -0.301. The second kappa shape index (κ2) is 5.41. The number of aryl methyl sites for hydroxylation is 1. The second-order valence-electron chi connectivity index (χ2n) is 6.22. The zero-order chi connectivity index (χ0) is 15.1. The van der Waals surface area contributed by atoms with Crippen LogP contribution in [-0.2, 0) is 11.3 Å². The van der Waals surface area contributed by atoms with Crippen molar-refractivity contribution in [1.82, 2.24) is 0 Å². The van der Waals surface area contributed by atoms with Crippen LogP contribution >= 0.6 is 0 Å². The van der Waals surface area contributed by atoms with E-state index in [1.54, 1.807) is 0 Å². The third kappa shape index (κ3) is 2.40. The highest BCUT2D eigenvalue weighted by Gasteiger charge is 2.28. The van der Waals surface area contributed by atoms with Crippen molar-refractivity contribution in [3.8, 4) is 5.75 Å². The monoisotopic (exact) mass is 302 g/mol. The van der Waals surface area contributed by atoms with Crippen LogP contribution < -0.4 is 15.3 Å². The molecule has 2 aromatic rings. The van der Waals surface area contributed by atoms with E-state index in [2.05, 4.69) is 0 Å². The Balaban J connectivity index is 1.69. The molecule has 5 heteroatoms. The molecule has 2 aliphatic rings. The largest absolute Gasteiger partial charge is 0.445 e. The fourth-order valence-corrected chi connectivity index (χ4v) is 3.46. The summed E-state index contributed by atoms with van der Waals surface area (Å²) in [5.41, 5.74) is 2.31. The molecule has 3 heterocycles. The summed E-state index contributed by atoms with van der Waals surface area (Å²) in [6, 6.07) is 5.49. The molecule has 1 fully saturated rings. The third-order valence-electron chi connectivity index (χ3n) is 4.58. The lowest BCUT2D eigenvalue weighted by Gasteiger charge is -2.28. The number of ether oxygens (including phenoxy) is 2. The van der Waals surface area contributed by atoms with E-state index < -0.39 is 0 Å². The molecule has 1 aromatic carbocycles. The first kappa shape index (κ1) is 13.8. The summed E-state index contributed by atoms with van der Waals surface area (Å²) in [5, 5.41) is 0.986. The van der Waals surface area contributed by atoms with E-state index in [0.29, 0.717) is 18.4 Å². The zero-order valence-electron chi connectivity index (χ0n) is 12.7. The predicted molar refractivity (Wildman–Crippen MR) is 81.2 cm³/mol. The van der Waals surface area contributed by atoms with Gasteiger partial charge >= 0.3 is 5.63 Å². The predicted octanol–water partition coefficient (Wildman–Crippen LogP) is 1.02. The average molecular weight is 302 g/mol. The maximum atomic E-state index is 11.7. The van der Waals surface area contributed by atoms with Crippen LogP contribution in [0.2, 0.25) is 0 Å². The topological polar surface area (TPSA) is 53.1 Å². The van der Waals surface area contributed by atoms with Crippen LogP contribution in [0.25, 0.3) is 11.0 Å².